The number of aliphatic imine (C=N–C) groups is 1. The zero-order chi connectivity index (χ0) is 23.0. The largest absolute Gasteiger partial charge is 0.462 e. The molecule has 1 aromatic heterocycles. The van der Waals surface area contributed by atoms with Gasteiger partial charge in [0.15, 0.2) is 5.84 Å². The molecule has 32 heavy (non-hydrogen) atoms. The van der Waals surface area contributed by atoms with E-state index in [4.69, 9.17) is 14.6 Å². The van der Waals surface area contributed by atoms with Gasteiger partial charge in [0.25, 0.3) is 5.91 Å². The van der Waals surface area contributed by atoms with Crippen LogP contribution < -0.4 is 0 Å². The summed E-state index contributed by atoms with van der Waals surface area (Å²) in [6, 6.07) is 9.97. The number of nitrogens with zero attached hydrogens (tertiary/aromatic N) is 3. The summed E-state index contributed by atoms with van der Waals surface area (Å²) in [7, 11) is -3.61. The lowest BCUT2D eigenvalue weighted by Crippen LogP contribution is -2.35. The Balaban J connectivity index is 1.62. The topological polar surface area (TPSA) is 142 Å². The highest BCUT2D eigenvalue weighted by Gasteiger charge is 2.38. The molecule has 0 aliphatic carbocycles. The third-order valence-corrected chi connectivity index (χ3v) is 6.90. The summed E-state index contributed by atoms with van der Waals surface area (Å²) < 4.78 is 34.0. The van der Waals surface area contributed by atoms with Gasteiger partial charge >= 0.3 is 5.97 Å². The number of amidine groups is 2. The maximum absolute atomic E-state index is 12.4. The van der Waals surface area contributed by atoms with Crippen molar-refractivity contribution in [2.24, 2.45) is 10.1 Å². The van der Waals surface area contributed by atoms with Gasteiger partial charge < -0.3 is 9.15 Å². The smallest absolute Gasteiger partial charge is 0.338 e. The van der Waals surface area contributed by atoms with Gasteiger partial charge in [-0.25, -0.2) is 13.2 Å². The molecule has 10 nitrogen and oxygen atoms in total. The number of amides is 1. The van der Waals surface area contributed by atoms with Crippen LogP contribution in [0.4, 0.5) is 0 Å². The van der Waals surface area contributed by atoms with Crippen molar-refractivity contribution >= 4 is 54.9 Å². The number of rotatable bonds is 4. The fourth-order valence-electron chi connectivity index (χ4n) is 2.87. The SMILES string of the molecule is CCOC(=O)c1cccc(-c2ccc(/C=C3\C(=N)N4N=C(S(C)(=O)=O)SC4=NC3=O)o2)c1. The Hall–Kier alpha value is -3.51. The fraction of sp³-hybridized carbons (Fsp3) is 0.150. The lowest BCUT2D eigenvalue weighted by atomic mass is 10.1. The lowest BCUT2D eigenvalue weighted by molar-refractivity contribution is -0.114. The van der Waals surface area contributed by atoms with Gasteiger partial charge in [0, 0.05) is 11.8 Å². The van der Waals surface area contributed by atoms with E-state index in [-0.39, 0.29) is 33.3 Å². The van der Waals surface area contributed by atoms with Crippen LogP contribution in [0.1, 0.15) is 23.0 Å². The summed E-state index contributed by atoms with van der Waals surface area (Å²) in [5.74, 6) is -0.756. The van der Waals surface area contributed by atoms with Gasteiger partial charge in [-0.1, -0.05) is 12.1 Å². The number of hydrazone groups is 1. The number of hydrogen-bond acceptors (Lipinski definition) is 9. The molecule has 0 bridgehead atoms. The normalized spacial score (nSPS) is 17.3. The first-order valence-corrected chi connectivity index (χ1v) is 12.0. The predicted molar refractivity (Wildman–Crippen MR) is 120 cm³/mol. The van der Waals surface area contributed by atoms with Gasteiger partial charge in [-0.2, -0.15) is 10.0 Å². The molecule has 0 atom stereocenters. The van der Waals surface area contributed by atoms with Crippen LogP contribution >= 0.6 is 11.8 Å². The number of esters is 1. The summed E-state index contributed by atoms with van der Waals surface area (Å²) >= 11 is 0.714. The molecule has 164 valence electrons. The molecule has 1 amide bonds. The molecule has 0 saturated heterocycles. The van der Waals surface area contributed by atoms with Gasteiger partial charge in [0.1, 0.15) is 11.5 Å². The molecule has 0 radical (unpaired) electrons. The van der Waals surface area contributed by atoms with Gasteiger partial charge in [-0.15, -0.1) is 5.10 Å². The lowest BCUT2D eigenvalue weighted by Gasteiger charge is -2.19. The molecule has 12 heteroatoms. The van der Waals surface area contributed by atoms with Gasteiger partial charge in [-0.05, 0) is 49.0 Å². The molecule has 1 aromatic carbocycles. The number of fused-ring (bicyclic) bond motifs is 1. The second kappa shape index (κ2) is 8.20. The van der Waals surface area contributed by atoms with Crippen molar-refractivity contribution in [2.75, 3.05) is 12.9 Å². The third kappa shape index (κ3) is 4.14. The van der Waals surface area contributed by atoms with Crippen molar-refractivity contribution in [1.29, 1.82) is 5.41 Å². The van der Waals surface area contributed by atoms with Crippen LogP contribution in [0.5, 0.6) is 0 Å². The zero-order valence-electron chi connectivity index (χ0n) is 16.9. The van der Waals surface area contributed by atoms with E-state index in [0.717, 1.165) is 11.3 Å². The number of furan rings is 1. The molecule has 2 aliphatic rings. The van der Waals surface area contributed by atoms with E-state index in [1.807, 2.05) is 0 Å². The van der Waals surface area contributed by atoms with E-state index < -0.39 is 21.7 Å². The maximum Gasteiger partial charge on any atom is 0.338 e. The Bertz CT molecular complexity index is 1350. The number of thioether (sulfide) groups is 1. The van der Waals surface area contributed by atoms with Crippen LogP contribution in [-0.2, 0) is 19.4 Å². The minimum absolute atomic E-state index is 0.00786. The van der Waals surface area contributed by atoms with E-state index in [2.05, 4.69) is 10.1 Å². The van der Waals surface area contributed by atoms with Crippen LogP contribution in [0.3, 0.4) is 0 Å². The van der Waals surface area contributed by atoms with Crippen molar-refractivity contribution < 1.29 is 27.2 Å². The summed E-state index contributed by atoms with van der Waals surface area (Å²) in [6.45, 7) is 1.98. The Labute approximate surface area is 187 Å². The first kappa shape index (κ1) is 21.7. The number of carbonyl (C=O) groups excluding carboxylic acids is 2. The molecule has 4 rings (SSSR count). The van der Waals surface area contributed by atoms with Crippen LogP contribution in [0.25, 0.3) is 17.4 Å². The summed E-state index contributed by atoms with van der Waals surface area (Å²) in [4.78, 5) is 28.2. The number of carbonyl (C=O) groups is 2. The highest BCUT2D eigenvalue weighted by atomic mass is 32.3. The Morgan fingerprint density at radius 2 is 2.09 bits per heavy atom. The van der Waals surface area contributed by atoms with Crippen molar-refractivity contribution in [2.45, 2.75) is 6.92 Å². The minimum atomic E-state index is -3.61. The van der Waals surface area contributed by atoms with E-state index in [0.29, 0.717) is 28.6 Å². The molecule has 1 N–H and O–H groups in total. The predicted octanol–water partition coefficient (Wildman–Crippen LogP) is 2.74. The first-order chi connectivity index (χ1) is 15.2. The van der Waals surface area contributed by atoms with E-state index in [9.17, 15) is 18.0 Å². The second-order valence-corrected chi connectivity index (χ2v) is 9.81. The van der Waals surface area contributed by atoms with Gasteiger partial charge in [0.05, 0.1) is 17.7 Å². The standard InChI is InChI=1S/C20H16N4O6S2/c1-3-29-18(26)12-6-4-5-11(9-12)15-8-7-13(30-15)10-14-16(21)24-19(22-17(14)25)31-20(23-24)32(2,27)28/h4-10,21H,3H2,1-2H3/b14-10+,21-16?. The van der Waals surface area contributed by atoms with Crippen molar-refractivity contribution in [1.82, 2.24) is 5.01 Å². The van der Waals surface area contributed by atoms with Crippen molar-refractivity contribution in [3.05, 3.63) is 53.3 Å². The highest BCUT2D eigenvalue weighted by molar-refractivity contribution is 8.42. The van der Waals surface area contributed by atoms with E-state index >= 15 is 0 Å². The van der Waals surface area contributed by atoms with E-state index in [1.165, 1.54) is 6.08 Å². The molecule has 2 aliphatic heterocycles. The fourth-order valence-corrected chi connectivity index (χ4v) is 4.55. The number of nitrogens with one attached hydrogen (secondary N) is 1. The molecule has 3 heterocycles. The molecule has 0 fully saturated rings. The van der Waals surface area contributed by atoms with Crippen molar-refractivity contribution in [3.63, 3.8) is 0 Å². The summed E-state index contributed by atoms with van der Waals surface area (Å²) in [6.07, 6.45) is 2.32. The molecule has 0 spiro atoms. The average Bonchev–Trinajstić information content (AvgIpc) is 3.38. The number of benzene rings is 1. The monoisotopic (exact) mass is 472 g/mol. The Morgan fingerprint density at radius 3 is 2.81 bits per heavy atom. The first-order valence-electron chi connectivity index (χ1n) is 9.25. The minimum Gasteiger partial charge on any atom is -0.462 e. The number of ether oxygens (including phenoxy) is 1. The van der Waals surface area contributed by atoms with Gasteiger partial charge in [0.2, 0.25) is 19.4 Å². The highest BCUT2D eigenvalue weighted by Crippen LogP contribution is 2.31. The van der Waals surface area contributed by atoms with Gasteiger partial charge in [-0.3, -0.25) is 10.2 Å². The summed E-state index contributed by atoms with van der Waals surface area (Å²) in [5, 5.41) is 13.2. The summed E-state index contributed by atoms with van der Waals surface area (Å²) in [5.41, 5.74) is 0.899. The second-order valence-electron chi connectivity index (χ2n) is 6.66. The molecule has 0 saturated carbocycles. The molecule has 0 unspecified atom stereocenters. The Kier molecular flexibility index (Phi) is 5.57. The number of sulfone groups is 1. The molecule has 2 aromatic rings. The average molecular weight is 473 g/mol. The maximum atomic E-state index is 12.4. The molecular formula is C20H16N4O6S2. The number of hydrogen-bond donors (Lipinski definition) is 1. The van der Waals surface area contributed by atoms with Crippen molar-refractivity contribution in [3.8, 4) is 11.3 Å². The third-order valence-electron chi connectivity index (χ3n) is 4.32. The Morgan fingerprint density at radius 1 is 1.31 bits per heavy atom. The van der Waals surface area contributed by atoms with Crippen LogP contribution in [0.15, 0.2) is 56.5 Å². The van der Waals surface area contributed by atoms with Crippen LogP contribution in [-0.4, -0.2) is 53.5 Å². The molecular weight excluding hydrogens is 456 g/mol. The van der Waals surface area contributed by atoms with E-state index in [1.54, 1.807) is 43.3 Å². The quantitative estimate of drug-likeness (QED) is 0.529. The zero-order valence-corrected chi connectivity index (χ0v) is 18.5. The van der Waals surface area contributed by atoms with Crippen LogP contribution in [0.2, 0.25) is 0 Å². The van der Waals surface area contributed by atoms with Crippen LogP contribution in [0, 0.1) is 5.41 Å².